The van der Waals surface area contributed by atoms with Gasteiger partial charge >= 0.3 is 0 Å². The molecule has 30 heavy (non-hydrogen) atoms. The molecule has 1 aromatic heterocycles. The second kappa shape index (κ2) is 9.86. The standard InChI is InChI=1S/C23H34N4O2S/c1-16(2)27(17(3)4)21(28)14-26-20-9-7-6-8-19(20)24-23(26)30-15-22(29)25-12-10-18(5)11-13-25/h6-9,16-18H,10-15H2,1-5H3. The first-order valence-corrected chi connectivity index (χ1v) is 11.9. The fourth-order valence-corrected chi connectivity index (χ4v) is 5.10. The zero-order valence-corrected chi connectivity index (χ0v) is 19.6. The summed E-state index contributed by atoms with van der Waals surface area (Å²) in [6.07, 6.45) is 2.15. The lowest BCUT2D eigenvalue weighted by atomic mass is 9.99. The molecule has 2 heterocycles. The summed E-state index contributed by atoms with van der Waals surface area (Å²) in [5.74, 6) is 1.27. The van der Waals surface area contributed by atoms with Crippen molar-refractivity contribution in [2.75, 3.05) is 18.8 Å². The van der Waals surface area contributed by atoms with Gasteiger partial charge in [-0.1, -0.05) is 30.8 Å². The number of carbonyl (C=O) groups excluding carboxylic acids is 2. The van der Waals surface area contributed by atoms with Gasteiger partial charge in [0.05, 0.1) is 16.8 Å². The molecular formula is C23H34N4O2S. The summed E-state index contributed by atoms with van der Waals surface area (Å²) >= 11 is 1.44. The average Bonchev–Trinajstić information content (AvgIpc) is 3.03. The van der Waals surface area contributed by atoms with Crippen LogP contribution >= 0.6 is 11.8 Å². The predicted molar refractivity (Wildman–Crippen MR) is 123 cm³/mol. The summed E-state index contributed by atoms with van der Waals surface area (Å²) in [5.41, 5.74) is 1.78. The highest BCUT2D eigenvalue weighted by atomic mass is 32.2. The summed E-state index contributed by atoms with van der Waals surface area (Å²) in [4.78, 5) is 34.4. The van der Waals surface area contributed by atoms with E-state index in [4.69, 9.17) is 4.98 Å². The van der Waals surface area contributed by atoms with Gasteiger partial charge in [-0.15, -0.1) is 0 Å². The number of rotatable bonds is 7. The van der Waals surface area contributed by atoms with Crippen LogP contribution in [-0.4, -0.2) is 62.1 Å². The first kappa shape index (κ1) is 22.7. The Balaban J connectivity index is 1.78. The van der Waals surface area contributed by atoms with E-state index >= 15 is 0 Å². The maximum atomic E-state index is 13.1. The van der Waals surface area contributed by atoms with E-state index in [-0.39, 0.29) is 30.4 Å². The van der Waals surface area contributed by atoms with Crippen molar-refractivity contribution in [1.29, 1.82) is 0 Å². The average molecular weight is 431 g/mol. The summed E-state index contributed by atoms with van der Waals surface area (Å²) in [6.45, 7) is 12.3. The Morgan fingerprint density at radius 3 is 2.40 bits per heavy atom. The molecule has 164 valence electrons. The zero-order chi connectivity index (χ0) is 21.8. The van der Waals surface area contributed by atoms with Crippen LogP contribution in [0.1, 0.15) is 47.5 Å². The monoisotopic (exact) mass is 430 g/mol. The van der Waals surface area contributed by atoms with E-state index in [9.17, 15) is 9.59 Å². The fraction of sp³-hybridized carbons (Fsp3) is 0.609. The van der Waals surface area contributed by atoms with Crippen molar-refractivity contribution in [3.8, 4) is 0 Å². The Bertz CT molecular complexity index is 876. The van der Waals surface area contributed by atoms with Crippen molar-refractivity contribution >= 4 is 34.6 Å². The molecule has 1 aliphatic rings. The van der Waals surface area contributed by atoms with E-state index in [2.05, 4.69) is 6.92 Å². The molecule has 6 nitrogen and oxygen atoms in total. The van der Waals surface area contributed by atoms with Crippen LogP contribution in [-0.2, 0) is 16.1 Å². The van der Waals surface area contributed by atoms with Gasteiger partial charge in [-0.3, -0.25) is 9.59 Å². The van der Waals surface area contributed by atoms with Gasteiger partial charge in [-0.05, 0) is 58.6 Å². The summed E-state index contributed by atoms with van der Waals surface area (Å²) in [7, 11) is 0. The smallest absolute Gasteiger partial charge is 0.243 e. The number of aromatic nitrogens is 2. The van der Waals surface area contributed by atoms with E-state index in [0.717, 1.165) is 42.1 Å². The van der Waals surface area contributed by atoms with Gasteiger partial charge in [0.15, 0.2) is 5.16 Å². The third kappa shape index (κ3) is 5.17. The molecule has 1 aromatic carbocycles. The molecule has 0 N–H and O–H groups in total. The lowest BCUT2D eigenvalue weighted by Crippen LogP contribution is -2.43. The minimum Gasteiger partial charge on any atom is -0.342 e. The number of nitrogens with zero attached hydrogens (tertiary/aromatic N) is 4. The van der Waals surface area contributed by atoms with Crippen molar-refractivity contribution in [1.82, 2.24) is 19.4 Å². The molecule has 0 radical (unpaired) electrons. The van der Waals surface area contributed by atoms with Crippen LogP contribution in [0.2, 0.25) is 0 Å². The molecule has 0 aliphatic carbocycles. The van der Waals surface area contributed by atoms with Crippen molar-refractivity contribution < 1.29 is 9.59 Å². The number of benzene rings is 1. The van der Waals surface area contributed by atoms with Gasteiger partial charge in [-0.2, -0.15) is 0 Å². The molecule has 3 rings (SSSR count). The van der Waals surface area contributed by atoms with Gasteiger partial charge in [0.25, 0.3) is 0 Å². The number of piperidine rings is 1. The highest BCUT2D eigenvalue weighted by molar-refractivity contribution is 7.99. The first-order valence-electron chi connectivity index (χ1n) is 10.9. The zero-order valence-electron chi connectivity index (χ0n) is 18.8. The van der Waals surface area contributed by atoms with E-state index in [1.165, 1.54) is 11.8 Å². The van der Waals surface area contributed by atoms with Gasteiger partial charge in [0, 0.05) is 25.2 Å². The van der Waals surface area contributed by atoms with Crippen molar-refractivity contribution in [3.05, 3.63) is 24.3 Å². The molecule has 2 amide bonds. The van der Waals surface area contributed by atoms with E-state index < -0.39 is 0 Å². The van der Waals surface area contributed by atoms with Crippen LogP contribution in [0.4, 0.5) is 0 Å². The Morgan fingerprint density at radius 1 is 1.13 bits per heavy atom. The van der Waals surface area contributed by atoms with Crippen LogP contribution in [0, 0.1) is 5.92 Å². The molecule has 0 unspecified atom stereocenters. The third-order valence-corrected chi connectivity index (χ3v) is 6.74. The number of fused-ring (bicyclic) bond motifs is 1. The van der Waals surface area contributed by atoms with E-state index in [0.29, 0.717) is 11.7 Å². The molecule has 2 aromatic rings. The summed E-state index contributed by atoms with van der Waals surface area (Å²) in [6, 6.07) is 8.12. The number of hydrogen-bond acceptors (Lipinski definition) is 4. The molecule has 0 atom stereocenters. The Labute approximate surface area is 184 Å². The highest BCUT2D eigenvalue weighted by Crippen LogP contribution is 2.26. The van der Waals surface area contributed by atoms with Crippen LogP contribution in [0.5, 0.6) is 0 Å². The number of amides is 2. The molecule has 0 saturated carbocycles. The van der Waals surface area contributed by atoms with Gasteiger partial charge < -0.3 is 14.4 Å². The van der Waals surface area contributed by atoms with Crippen molar-refractivity contribution in [2.24, 2.45) is 5.92 Å². The molecule has 0 bridgehead atoms. The third-order valence-electron chi connectivity index (χ3n) is 5.77. The van der Waals surface area contributed by atoms with Crippen LogP contribution in [0.15, 0.2) is 29.4 Å². The predicted octanol–water partition coefficient (Wildman–Crippen LogP) is 4.03. The molecule has 7 heteroatoms. The lowest BCUT2D eigenvalue weighted by molar-refractivity contribution is -0.135. The molecule has 1 fully saturated rings. The van der Waals surface area contributed by atoms with Crippen LogP contribution in [0.25, 0.3) is 11.0 Å². The fourth-order valence-electron chi connectivity index (χ4n) is 4.18. The van der Waals surface area contributed by atoms with Gasteiger partial charge in [0.2, 0.25) is 11.8 Å². The largest absolute Gasteiger partial charge is 0.342 e. The number of hydrogen-bond donors (Lipinski definition) is 0. The number of carbonyl (C=O) groups is 2. The van der Waals surface area contributed by atoms with Crippen LogP contribution < -0.4 is 0 Å². The second-order valence-electron chi connectivity index (χ2n) is 8.81. The SMILES string of the molecule is CC1CCN(C(=O)CSc2nc3ccccc3n2CC(=O)N(C(C)C)C(C)C)CC1. The normalized spacial score (nSPS) is 15.4. The Hall–Kier alpha value is -2.02. The number of thioether (sulfide) groups is 1. The lowest BCUT2D eigenvalue weighted by Gasteiger charge is -2.31. The Kier molecular flexibility index (Phi) is 7.45. The van der Waals surface area contributed by atoms with E-state index in [1.807, 2.05) is 66.3 Å². The van der Waals surface area contributed by atoms with Crippen molar-refractivity contribution in [3.63, 3.8) is 0 Å². The molecular weight excluding hydrogens is 396 g/mol. The quantitative estimate of drug-likeness (QED) is 0.622. The minimum absolute atomic E-state index is 0.0707. The Morgan fingerprint density at radius 2 is 1.77 bits per heavy atom. The summed E-state index contributed by atoms with van der Waals surface area (Å²) in [5, 5.41) is 0.732. The van der Waals surface area contributed by atoms with Gasteiger partial charge in [0.1, 0.15) is 6.54 Å². The summed E-state index contributed by atoms with van der Waals surface area (Å²) < 4.78 is 1.96. The topological polar surface area (TPSA) is 58.4 Å². The number of likely N-dealkylation sites (tertiary alicyclic amines) is 1. The first-order chi connectivity index (χ1) is 14.3. The highest BCUT2D eigenvalue weighted by Gasteiger charge is 2.24. The van der Waals surface area contributed by atoms with Crippen molar-refractivity contribution in [2.45, 2.75) is 71.2 Å². The maximum absolute atomic E-state index is 13.1. The molecule has 0 spiro atoms. The van der Waals surface area contributed by atoms with E-state index in [1.54, 1.807) is 0 Å². The molecule has 1 aliphatic heterocycles. The minimum atomic E-state index is 0.0707. The molecule has 1 saturated heterocycles. The number of para-hydroxylation sites is 2. The van der Waals surface area contributed by atoms with Gasteiger partial charge in [-0.25, -0.2) is 4.98 Å². The second-order valence-corrected chi connectivity index (χ2v) is 9.75. The number of imidazole rings is 1. The maximum Gasteiger partial charge on any atom is 0.243 e. The van der Waals surface area contributed by atoms with Crippen LogP contribution in [0.3, 0.4) is 0 Å².